The largest absolute Gasteiger partial charge is 0.488 e. The summed E-state index contributed by atoms with van der Waals surface area (Å²) in [5.41, 5.74) is 0.291. The second-order valence-corrected chi connectivity index (χ2v) is 6.84. The molecule has 0 saturated carbocycles. The van der Waals surface area contributed by atoms with E-state index in [-0.39, 0.29) is 6.61 Å². The van der Waals surface area contributed by atoms with Crippen LogP contribution < -0.4 is 10.1 Å². The van der Waals surface area contributed by atoms with E-state index >= 15 is 0 Å². The Morgan fingerprint density at radius 2 is 1.85 bits per heavy atom. The SMILES string of the molecule is CC(C)(C)CCNCC(O)COc1c(Cl)cccc1Cl. The van der Waals surface area contributed by atoms with Gasteiger partial charge >= 0.3 is 0 Å². The van der Waals surface area contributed by atoms with Gasteiger partial charge in [0.1, 0.15) is 12.7 Å². The van der Waals surface area contributed by atoms with Gasteiger partial charge in [-0.05, 0) is 30.5 Å². The fourth-order valence-electron chi connectivity index (χ4n) is 1.59. The number of benzene rings is 1. The zero-order chi connectivity index (χ0) is 15.2. The van der Waals surface area contributed by atoms with E-state index in [4.69, 9.17) is 27.9 Å². The molecule has 0 aliphatic rings. The van der Waals surface area contributed by atoms with Crippen molar-refractivity contribution >= 4 is 23.2 Å². The van der Waals surface area contributed by atoms with Crippen LogP contribution in [-0.4, -0.2) is 30.9 Å². The van der Waals surface area contributed by atoms with Crippen LogP contribution >= 0.6 is 23.2 Å². The number of nitrogens with one attached hydrogen (secondary N) is 1. The molecule has 0 spiro atoms. The van der Waals surface area contributed by atoms with Crippen LogP contribution in [-0.2, 0) is 0 Å². The molecule has 3 nitrogen and oxygen atoms in total. The first-order valence-corrected chi connectivity index (χ1v) is 7.51. The second kappa shape index (κ2) is 8.08. The normalized spacial score (nSPS) is 13.3. The van der Waals surface area contributed by atoms with Gasteiger partial charge in [0.2, 0.25) is 0 Å². The Morgan fingerprint density at radius 1 is 1.25 bits per heavy atom. The van der Waals surface area contributed by atoms with Crippen molar-refractivity contribution in [1.29, 1.82) is 0 Å². The number of ether oxygens (including phenoxy) is 1. The summed E-state index contributed by atoms with van der Waals surface area (Å²) in [6.45, 7) is 8.08. The van der Waals surface area contributed by atoms with Crippen molar-refractivity contribution in [3.05, 3.63) is 28.2 Å². The first-order chi connectivity index (χ1) is 9.29. The van der Waals surface area contributed by atoms with Crippen molar-refractivity contribution in [2.45, 2.75) is 33.3 Å². The van der Waals surface area contributed by atoms with Gasteiger partial charge in [-0.15, -0.1) is 0 Å². The van der Waals surface area contributed by atoms with Crippen LogP contribution in [0.2, 0.25) is 10.0 Å². The number of para-hydroxylation sites is 1. The van der Waals surface area contributed by atoms with E-state index < -0.39 is 6.10 Å². The summed E-state index contributed by atoms with van der Waals surface area (Å²) < 4.78 is 5.47. The molecule has 0 fully saturated rings. The van der Waals surface area contributed by atoms with Crippen LogP contribution in [0.5, 0.6) is 5.75 Å². The Kier molecular flexibility index (Phi) is 7.10. The highest BCUT2D eigenvalue weighted by Gasteiger charge is 2.12. The Labute approximate surface area is 131 Å². The van der Waals surface area contributed by atoms with Gasteiger partial charge in [0.25, 0.3) is 0 Å². The third-order valence-corrected chi connectivity index (χ3v) is 3.37. The molecule has 20 heavy (non-hydrogen) atoms. The van der Waals surface area contributed by atoms with Crippen LogP contribution in [0.1, 0.15) is 27.2 Å². The van der Waals surface area contributed by atoms with Gasteiger partial charge < -0.3 is 15.2 Å². The Bertz CT molecular complexity index is 399. The molecule has 0 aliphatic carbocycles. The predicted molar refractivity (Wildman–Crippen MR) is 84.9 cm³/mol. The van der Waals surface area contributed by atoms with Crippen LogP contribution in [0, 0.1) is 5.41 Å². The lowest BCUT2D eigenvalue weighted by Gasteiger charge is -2.19. The molecule has 0 aliphatic heterocycles. The summed E-state index contributed by atoms with van der Waals surface area (Å²) in [5.74, 6) is 0.421. The summed E-state index contributed by atoms with van der Waals surface area (Å²) in [4.78, 5) is 0. The fourth-order valence-corrected chi connectivity index (χ4v) is 2.10. The Morgan fingerprint density at radius 3 is 2.40 bits per heavy atom. The van der Waals surface area contributed by atoms with Crippen molar-refractivity contribution < 1.29 is 9.84 Å². The molecule has 1 aromatic rings. The summed E-state index contributed by atoms with van der Waals surface area (Å²) in [6, 6.07) is 5.16. The minimum Gasteiger partial charge on any atom is -0.488 e. The molecule has 0 radical (unpaired) electrons. The number of aliphatic hydroxyl groups excluding tert-OH is 1. The molecule has 1 rings (SSSR count). The lowest BCUT2D eigenvalue weighted by molar-refractivity contribution is 0.106. The van der Waals surface area contributed by atoms with Gasteiger partial charge in [0.05, 0.1) is 10.0 Å². The van der Waals surface area contributed by atoms with Crippen molar-refractivity contribution in [2.24, 2.45) is 5.41 Å². The van der Waals surface area contributed by atoms with Crippen molar-refractivity contribution in [1.82, 2.24) is 5.32 Å². The molecule has 0 aromatic heterocycles. The molecular formula is C15H23Cl2NO2. The van der Waals surface area contributed by atoms with Gasteiger partial charge in [0, 0.05) is 6.54 Å². The average Bonchev–Trinajstić information content (AvgIpc) is 2.33. The number of rotatable bonds is 7. The van der Waals surface area contributed by atoms with Crippen molar-refractivity contribution in [3.8, 4) is 5.75 Å². The fraction of sp³-hybridized carbons (Fsp3) is 0.600. The van der Waals surface area contributed by atoms with Crippen LogP contribution in [0.15, 0.2) is 18.2 Å². The highest BCUT2D eigenvalue weighted by molar-refractivity contribution is 6.37. The predicted octanol–water partition coefficient (Wildman–Crippen LogP) is 3.76. The monoisotopic (exact) mass is 319 g/mol. The number of halogens is 2. The molecule has 2 N–H and O–H groups in total. The van der Waals surface area contributed by atoms with Gasteiger partial charge in [-0.3, -0.25) is 0 Å². The molecule has 1 unspecified atom stereocenters. The van der Waals surface area contributed by atoms with Gasteiger partial charge in [-0.2, -0.15) is 0 Å². The van der Waals surface area contributed by atoms with E-state index in [9.17, 15) is 5.11 Å². The highest BCUT2D eigenvalue weighted by Crippen LogP contribution is 2.32. The molecule has 1 aromatic carbocycles. The number of aliphatic hydroxyl groups is 1. The van der Waals surface area contributed by atoms with Crippen LogP contribution in [0.3, 0.4) is 0 Å². The van der Waals surface area contributed by atoms with Crippen LogP contribution in [0.25, 0.3) is 0 Å². The van der Waals surface area contributed by atoms with Crippen molar-refractivity contribution in [3.63, 3.8) is 0 Å². The standard InChI is InChI=1S/C15H23Cl2NO2/c1-15(2,3)7-8-18-9-11(19)10-20-14-12(16)5-4-6-13(14)17/h4-6,11,18-19H,7-10H2,1-3H3. The van der Waals surface area contributed by atoms with Gasteiger partial charge in [-0.1, -0.05) is 50.0 Å². The number of hydrogen-bond donors (Lipinski definition) is 2. The highest BCUT2D eigenvalue weighted by atomic mass is 35.5. The second-order valence-electron chi connectivity index (χ2n) is 6.03. The van der Waals surface area contributed by atoms with E-state index in [0.29, 0.717) is 27.8 Å². The molecular weight excluding hydrogens is 297 g/mol. The summed E-state index contributed by atoms with van der Waals surface area (Å²) in [5, 5.41) is 14.0. The zero-order valence-electron chi connectivity index (χ0n) is 12.2. The molecule has 0 saturated heterocycles. The van der Waals surface area contributed by atoms with E-state index in [2.05, 4.69) is 26.1 Å². The molecule has 114 valence electrons. The average molecular weight is 320 g/mol. The Hall–Kier alpha value is -0.480. The summed E-state index contributed by atoms with van der Waals surface area (Å²) >= 11 is 12.0. The smallest absolute Gasteiger partial charge is 0.156 e. The topological polar surface area (TPSA) is 41.5 Å². The Balaban J connectivity index is 2.28. The molecule has 1 atom stereocenters. The molecule has 0 amide bonds. The van der Waals surface area contributed by atoms with E-state index in [1.807, 2.05) is 0 Å². The van der Waals surface area contributed by atoms with Gasteiger partial charge in [-0.25, -0.2) is 0 Å². The molecule has 5 heteroatoms. The quantitative estimate of drug-likeness (QED) is 0.752. The minimum atomic E-state index is -0.595. The molecule has 0 bridgehead atoms. The summed E-state index contributed by atoms with van der Waals surface area (Å²) in [6.07, 6.45) is 0.457. The lowest BCUT2D eigenvalue weighted by Crippen LogP contribution is -2.33. The third-order valence-electron chi connectivity index (χ3n) is 2.77. The van der Waals surface area contributed by atoms with Gasteiger partial charge in [0.15, 0.2) is 5.75 Å². The minimum absolute atomic E-state index is 0.159. The first-order valence-electron chi connectivity index (χ1n) is 6.75. The number of hydrogen-bond acceptors (Lipinski definition) is 3. The summed E-state index contributed by atoms with van der Waals surface area (Å²) in [7, 11) is 0. The lowest BCUT2D eigenvalue weighted by atomic mass is 9.92. The van der Waals surface area contributed by atoms with E-state index in [0.717, 1.165) is 13.0 Å². The van der Waals surface area contributed by atoms with Crippen LogP contribution in [0.4, 0.5) is 0 Å². The maximum absolute atomic E-state index is 9.85. The van der Waals surface area contributed by atoms with E-state index in [1.54, 1.807) is 18.2 Å². The maximum atomic E-state index is 9.85. The van der Waals surface area contributed by atoms with E-state index in [1.165, 1.54) is 0 Å². The maximum Gasteiger partial charge on any atom is 0.156 e. The third kappa shape index (κ3) is 6.80. The first kappa shape index (κ1) is 17.6. The zero-order valence-corrected chi connectivity index (χ0v) is 13.8. The van der Waals surface area contributed by atoms with Crippen molar-refractivity contribution in [2.75, 3.05) is 19.7 Å². The molecule has 0 heterocycles.